The Morgan fingerprint density at radius 2 is 1.12 bits per heavy atom. The fourth-order valence-corrected chi connectivity index (χ4v) is 9.62. The van der Waals surface area contributed by atoms with Gasteiger partial charge in [-0.3, -0.25) is 0 Å². The van der Waals surface area contributed by atoms with Gasteiger partial charge in [-0.2, -0.15) is 0 Å². The molecule has 280 valence electrons. The minimum Gasteiger partial charge on any atom is -0.455 e. The Kier molecular flexibility index (Phi) is 7.33. The van der Waals surface area contributed by atoms with Crippen molar-refractivity contribution in [2.45, 2.75) is 32.1 Å². The van der Waals surface area contributed by atoms with Gasteiger partial charge in [-0.25, -0.2) is 15.0 Å². The highest BCUT2D eigenvalue weighted by Crippen LogP contribution is 2.51. The first-order chi connectivity index (χ1) is 29.0. The summed E-state index contributed by atoms with van der Waals surface area (Å²) in [6, 6.07) is 53.7. The topological polar surface area (TPSA) is 56.7 Å². The quantitative estimate of drug-likeness (QED) is 0.175. The van der Waals surface area contributed by atoms with Crippen LogP contribution in [0, 0.1) is 0 Å². The van der Waals surface area contributed by atoms with Crippen LogP contribution in [0.2, 0.25) is 0 Å². The van der Waals surface area contributed by atoms with E-state index in [9.17, 15) is 0 Å². The minimum atomic E-state index is -0.0866. The van der Waals surface area contributed by atoms with Crippen molar-refractivity contribution in [3.05, 3.63) is 181 Å². The molecule has 3 heterocycles. The molecule has 0 saturated heterocycles. The number of hydrogen-bond donors (Lipinski definition) is 0. The van der Waals surface area contributed by atoms with E-state index in [1.165, 1.54) is 49.8 Å². The van der Waals surface area contributed by atoms with Gasteiger partial charge in [-0.05, 0) is 77.1 Å². The summed E-state index contributed by atoms with van der Waals surface area (Å²) in [5.41, 5.74) is 15.6. The lowest BCUT2D eigenvalue weighted by molar-refractivity contribution is 0.661. The van der Waals surface area contributed by atoms with Crippen molar-refractivity contribution in [2.75, 3.05) is 0 Å². The molecule has 0 amide bonds. The molecule has 0 radical (unpaired) electrons. The van der Waals surface area contributed by atoms with Crippen molar-refractivity contribution < 1.29 is 4.42 Å². The Labute approximate surface area is 341 Å². The number of rotatable bonds is 5. The van der Waals surface area contributed by atoms with E-state index in [-0.39, 0.29) is 5.41 Å². The molecule has 0 bridgehead atoms. The van der Waals surface area contributed by atoms with Crippen LogP contribution in [-0.4, -0.2) is 19.5 Å². The monoisotopic (exact) mass is 758 g/mol. The number of aromatic nitrogens is 4. The second kappa shape index (κ2) is 12.8. The van der Waals surface area contributed by atoms with Crippen molar-refractivity contribution in [2.24, 2.45) is 0 Å². The summed E-state index contributed by atoms with van der Waals surface area (Å²) >= 11 is 0. The van der Waals surface area contributed by atoms with Crippen LogP contribution in [-0.2, 0) is 5.41 Å². The molecule has 0 saturated carbocycles. The van der Waals surface area contributed by atoms with E-state index in [0.29, 0.717) is 17.5 Å². The summed E-state index contributed by atoms with van der Waals surface area (Å²) in [6.07, 6.45) is 8.79. The summed E-state index contributed by atoms with van der Waals surface area (Å²) in [4.78, 5) is 15.0. The molecule has 0 unspecified atom stereocenters. The Morgan fingerprint density at radius 1 is 0.492 bits per heavy atom. The fourth-order valence-electron chi connectivity index (χ4n) is 9.62. The van der Waals surface area contributed by atoms with Crippen LogP contribution >= 0.6 is 0 Å². The third kappa shape index (κ3) is 5.14. The van der Waals surface area contributed by atoms with Gasteiger partial charge in [-0.15, -0.1) is 0 Å². The molecular formula is C54H38N4O. The molecule has 2 aliphatic rings. The van der Waals surface area contributed by atoms with E-state index in [2.05, 4.69) is 128 Å². The SMILES string of the molecule is CC1(C)c2ccccc2-c2cc3c4cc(-c5cccc6c5oc5c(-c7nc(-c8ccccc8)nc(-c8ccccc8)n7)cccc56)ccc4n(C4=CC=CCC4)c3cc21. The van der Waals surface area contributed by atoms with Crippen molar-refractivity contribution in [1.29, 1.82) is 0 Å². The van der Waals surface area contributed by atoms with Crippen LogP contribution in [0.15, 0.2) is 174 Å². The van der Waals surface area contributed by atoms with Crippen LogP contribution < -0.4 is 0 Å². The van der Waals surface area contributed by atoms with Crippen LogP contribution in [0.4, 0.5) is 0 Å². The predicted octanol–water partition coefficient (Wildman–Crippen LogP) is 14.0. The minimum absolute atomic E-state index is 0.0866. The first-order valence-electron chi connectivity index (χ1n) is 20.4. The van der Waals surface area contributed by atoms with E-state index in [0.717, 1.165) is 62.6 Å². The second-order valence-electron chi connectivity index (χ2n) is 16.3. The maximum atomic E-state index is 7.01. The standard InChI is InChI=1S/C54H38N4O/c1-54(2)45-27-13-12-22-38(45)42-31-44-43-30-35(28-29-47(43)58(48(44)32-46(42)54)36-20-10-5-11-21-36)37-23-14-24-39-40-25-15-26-41(50(40)59-49(37)39)53-56-51(33-16-6-3-7-17-33)55-52(57-53)34-18-8-4-9-19-34/h3-10,12-20,22-32H,11,21H2,1-2H3. The lowest BCUT2D eigenvalue weighted by Crippen LogP contribution is -2.15. The number of fused-ring (bicyclic) bond motifs is 9. The molecule has 7 aromatic carbocycles. The summed E-state index contributed by atoms with van der Waals surface area (Å²) in [7, 11) is 0. The van der Waals surface area contributed by atoms with Gasteiger partial charge in [0.05, 0.1) is 16.6 Å². The van der Waals surface area contributed by atoms with Crippen molar-refractivity contribution in [1.82, 2.24) is 19.5 Å². The van der Waals surface area contributed by atoms with Gasteiger partial charge in [-0.1, -0.05) is 147 Å². The number of benzene rings is 7. The Morgan fingerprint density at radius 3 is 1.83 bits per heavy atom. The van der Waals surface area contributed by atoms with Gasteiger partial charge in [0.15, 0.2) is 17.5 Å². The average molecular weight is 759 g/mol. The average Bonchev–Trinajstić information content (AvgIpc) is 3.91. The molecule has 10 aromatic rings. The van der Waals surface area contributed by atoms with Gasteiger partial charge in [0.2, 0.25) is 0 Å². The molecule has 0 atom stereocenters. The summed E-state index contributed by atoms with van der Waals surface area (Å²) in [5.74, 6) is 1.81. The molecule has 3 aromatic heterocycles. The smallest absolute Gasteiger partial charge is 0.167 e. The van der Waals surface area contributed by atoms with Crippen LogP contribution in [0.1, 0.15) is 37.8 Å². The maximum Gasteiger partial charge on any atom is 0.167 e. The molecule has 0 fully saturated rings. The molecule has 0 aliphatic heterocycles. The van der Waals surface area contributed by atoms with Gasteiger partial charge >= 0.3 is 0 Å². The molecule has 5 heteroatoms. The normalized spacial score (nSPS) is 14.3. The number of furan rings is 1. The second-order valence-corrected chi connectivity index (χ2v) is 16.3. The number of nitrogens with zero attached hydrogens (tertiary/aromatic N) is 4. The molecule has 0 N–H and O–H groups in total. The third-order valence-corrected chi connectivity index (χ3v) is 12.5. The van der Waals surface area contributed by atoms with Gasteiger partial charge < -0.3 is 8.98 Å². The van der Waals surface area contributed by atoms with E-state index >= 15 is 0 Å². The lowest BCUT2D eigenvalue weighted by atomic mass is 9.82. The zero-order chi connectivity index (χ0) is 39.2. The zero-order valence-corrected chi connectivity index (χ0v) is 32.8. The Balaban J connectivity index is 1.06. The summed E-state index contributed by atoms with van der Waals surface area (Å²) < 4.78 is 9.52. The maximum absolute atomic E-state index is 7.01. The summed E-state index contributed by atoms with van der Waals surface area (Å²) in [5, 5.41) is 4.58. The molecule has 0 spiro atoms. The van der Waals surface area contributed by atoms with Crippen molar-refractivity contribution in [3.8, 4) is 56.4 Å². The van der Waals surface area contributed by atoms with Gasteiger partial charge in [0.25, 0.3) is 0 Å². The molecular weight excluding hydrogens is 721 g/mol. The molecule has 59 heavy (non-hydrogen) atoms. The van der Waals surface area contributed by atoms with Gasteiger partial charge in [0, 0.05) is 49.3 Å². The van der Waals surface area contributed by atoms with E-state index in [1.807, 2.05) is 60.7 Å². The first kappa shape index (κ1) is 33.7. The van der Waals surface area contributed by atoms with Crippen LogP contribution in [0.3, 0.4) is 0 Å². The largest absolute Gasteiger partial charge is 0.455 e. The molecule has 2 aliphatic carbocycles. The highest BCUT2D eigenvalue weighted by atomic mass is 16.3. The number of allylic oxidation sites excluding steroid dienone is 4. The van der Waals surface area contributed by atoms with E-state index < -0.39 is 0 Å². The highest BCUT2D eigenvalue weighted by molar-refractivity contribution is 6.16. The van der Waals surface area contributed by atoms with Crippen molar-refractivity contribution in [3.63, 3.8) is 0 Å². The fraction of sp³-hybridized carbons (Fsp3) is 0.0926. The zero-order valence-electron chi connectivity index (χ0n) is 32.8. The van der Waals surface area contributed by atoms with E-state index in [4.69, 9.17) is 19.4 Å². The first-order valence-corrected chi connectivity index (χ1v) is 20.4. The predicted molar refractivity (Wildman–Crippen MR) is 242 cm³/mol. The summed E-state index contributed by atoms with van der Waals surface area (Å²) in [6.45, 7) is 4.73. The molecule has 5 nitrogen and oxygen atoms in total. The van der Waals surface area contributed by atoms with Crippen molar-refractivity contribution >= 4 is 49.4 Å². The Bertz CT molecular complexity index is 3350. The Hall–Kier alpha value is -7.37. The number of para-hydroxylation sites is 2. The van der Waals surface area contributed by atoms with E-state index in [1.54, 1.807) is 0 Å². The third-order valence-electron chi connectivity index (χ3n) is 12.5. The van der Waals surface area contributed by atoms with Gasteiger partial charge in [0.1, 0.15) is 11.2 Å². The van der Waals surface area contributed by atoms with Crippen LogP contribution in [0.5, 0.6) is 0 Å². The lowest BCUT2D eigenvalue weighted by Gasteiger charge is -2.22. The highest BCUT2D eigenvalue weighted by Gasteiger charge is 2.36. The molecule has 12 rings (SSSR count). The van der Waals surface area contributed by atoms with Crippen LogP contribution in [0.25, 0.3) is 106 Å². The number of hydrogen-bond acceptors (Lipinski definition) is 4.